The van der Waals surface area contributed by atoms with Crippen LogP contribution in [0, 0.1) is 33.5 Å². The first-order chi connectivity index (χ1) is 18.9. The molecule has 5 saturated carbocycles. The van der Waals surface area contributed by atoms with E-state index in [9.17, 15) is 4.91 Å². The molecule has 3 heteroatoms. The molecular formula is C37H59NOS. The van der Waals surface area contributed by atoms with Gasteiger partial charge in [-0.25, -0.2) is 0 Å². The first-order valence-corrected chi connectivity index (χ1v) is 18.0. The van der Waals surface area contributed by atoms with Crippen molar-refractivity contribution in [2.24, 2.45) is 33.8 Å². The van der Waals surface area contributed by atoms with Crippen LogP contribution in [0.4, 0.5) is 5.69 Å². The van der Waals surface area contributed by atoms with Crippen LogP contribution >= 0.6 is 11.8 Å². The zero-order chi connectivity index (χ0) is 28.8. The molecule has 0 heterocycles. The molecule has 4 bridgehead atoms. The zero-order valence-electron chi connectivity index (χ0n) is 27.0. The Morgan fingerprint density at radius 3 is 1.95 bits per heavy atom. The fourth-order valence-corrected chi connectivity index (χ4v) is 12.2. The van der Waals surface area contributed by atoms with Gasteiger partial charge in [0.2, 0.25) is 0 Å². The summed E-state index contributed by atoms with van der Waals surface area (Å²) in [5, 5.41) is 4.68. The molecule has 40 heavy (non-hydrogen) atoms. The second-order valence-corrected chi connectivity index (χ2v) is 18.4. The van der Waals surface area contributed by atoms with Crippen molar-refractivity contribution in [3.05, 3.63) is 33.7 Å². The van der Waals surface area contributed by atoms with Crippen molar-refractivity contribution in [3.8, 4) is 0 Å². The monoisotopic (exact) mass is 565 g/mol. The first kappa shape index (κ1) is 30.6. The van der Waals surface area contributed by atoms with Crippen LogP contribution < -0.4 is 0 Å². The molecule has 5 aliphatic rings. The maximum absolute atomic E-state index is 12.9. The van der Waals surface area contributed by atoms with Crippen LogP contribution in [0.1, 0.15) is 161 Å². The molecule has 1 aromatic rings. The number of nitrogens with zero attached hydrogens (tertiary/aromatic N) is 1. The summed E-state index contributed by atoms with van der Waals surface area (Å²) in [7, 11) is 0. The van der Waals surface area contributed by atoms with Gasteiger partial charge in [0, 0.05) is 11.0 Å². The third-order valence-corrected chi connectivity index (χ3v) is 12.6. The predicted octanol–water partition coefficient (Wildman–Crippen LogP) is 12.0. The summed E-state index contributed by atoms with van der Waals surface area (Å²) in [6.07, 6.45) is 20.4. The van der Waals surface area contributed by atoms with E-state index in [1.807, 2.05) is 0 Å². The molecule has 4 atom stereocenters. The minimum atomic E-state index is 0.0589. The van der Waals surface area contributed by atoms with Gasteiger partial charge in [-0.3, -0.25) is 0 Å². The molecule has 3 unspecified atom stereocenters. The normalized spacial score (nSPS) is 33.0. The zero-order valence-corrected chi connectivity index (χ0v) is 27.9. The molecule has 0 aromatic heterocycles. The van der Waals surface area contributed by atoms with Crippen LogP contribution in [0.5, 0.6) is 0 Å². The molecule has 0 radical (unpaired) electrons. The molecule has 5 aliphatic carbocycles. The molecular weight excluding hydrogens is 506 g/mol. The topological polar surface area (TPSA) is 29.4 Å². The minimum absolute atomic E-state index is 0.0589. The Morgan fingerprint density at radius 1 is 0.850 bits per heavy atom. The lowest BCUT2D eigenvalue weighted by Gasteiger charge is -2.68. The van der Waals surface area contributed by atoms with Crippen molar-refractivity contribution < 1.29 is 0 Å². The highest BCUT2D eigenvalue weighted by Crippen LogP contribution is 2.73. The van der Waals surface area contributed by atoms with Crippen molar-refractivity contribution in [1.29, 1.82) is 0 Å². The lowest BCUT2D eigenvalue weighted by atomic mass is 9.36. The van der Waals surface area contributed by atoms with Crippen molar-refractivity contribution in [2.75, 3.05) is 0 Å². The van der Waals surface area contributed by atoms with Crippen molar-refractivity contribution in [3.63, 3.8) is 0 Å². The summed E-state index contributed by atoms with van der Waals surface area (Å²) >= 11 is 2.12. The maximum atomic E-state index is 12.9. The van der Waals surface area contributed by atoms with Gasteiger partial charge in [0.05, 0.1) is 0 Å². The van der Waals surface area contributed by atoms with Gasteiger partial charge < -0.3 is 0 Å². The molecule has 0 amide bonds. The minimum Gasteiger partial charge on any atom is -0.154 e. The molecule has 224 valence electrons. The van der Waals surface area contributed by atoms with E-state index in [-0.39, 0.29) is 10.8 Å². The van der Waals surface area contributed by atoms with E-state index >= 15 is 0 Å². The summed E-state index contributed by atoms with van der Waals surface area (Å²) < 4.78 is 0. The lowest BCUT2D eigenvalue weighted by Crippen LogP contribution is -2.59. The van der Waals surface area contributed by atoms with Crippen molar-refractivity contribution in [1.82, 2.24) is 0 Å². The second kappa shape index (κ2) is 11.7. The lowest BCUT2D eigenvalue weighted by molar-refractivity contribution is -0.140. The van der Waals surface area contributed by atoms with Crippen LogP contribution in [-0.4, -0.2) is 5.25 Å². The summed E-state index contributed by atoms with van der Waals surface area (Å²) in [5.74, 6) is 3.20. The largest absolute Gasteiger partial charge is 0.154 e. The van der Waals surface area contributed by atoms with Gasteiger partial charge >= 0.3 is 0 Å². The van der Waals surface area contributed by atoms with E-state index in [1.54, 1.807) is 0 Å². The molecule has 6 rings (SSSR count). The molecule has 0 aliphatic heterocycles. The van der Waals surface area contributed by atoms with Gasteiger partial charge in [-0.2, -0.15) is 11.8 Å². The van der Waals surface area contributed by atoms with Crippen LogP contribution in [0.3, 0.4) is 0 Å². The maximum Gasteiger partial charge on any atom is 0.115 e. The molecule has 1 aromatic carbocycles. The number of hydrogen-bond acceptors (Lipinski definition) is 3. The van der Waals surface area contributed by atoms with Crippen LogP contribution in [0.15, 0.2) is 17.3 Å². The van der Waals surface area contributed by atoms with Gasteiger partial charge in [-0.15, -0.1) is 4.91 Å². The Labute approximate surface area is 251 Å². The van der Waals surface area contributed by atoms with Gasteiger partial charge in [0.15, 0.2) is 0 Å². The Bertz CT molecular complexity index is 1010. The highest BCUT2D eigenvalue weighted by molar-refractivity contribution is 7.99. The molecule has 0 N–H and O–H groups in total. The molecule has 0 saturated heterocycles. The summed E-state index contributed by atoms with van der Waals surface area (Å²) in [4.78, 5) is 12.9. The number of hydrogen-bond donors (Lipinski definition) is 0. The third kappa shape index (κ3) is 6.40. The highest BCUT2D eigenvalue weighted by atomic mass is 32.2. The van der Waals surface area contributed by atoms with E-state index in [4.69, 9.17) is 0 Å². The number of benzene rings is 1. The first-order valence-electron chi connectivity index (χ1n) is 17.0. The third-order valence-electron chi connectivity index (χ3n) is 11.2. The Balaban J connectivity index is 1.57. The standard InChI is InChI=1S/C37H59NOS/c1-26(2)17-35-19-28-20-36(23-35,18-27(3)4)25-37(21-28,24-35)32-16-30(34(5,6)7)15-29(33(32)38-39)22-40-31-13-11-9-8-10-12-14-31/h15-16,26-28,31H,8-14,17-25H2,1-7H3/t28?,35-,36?,37?/m1/s1. The smallest absolute Gasteiger partial charge is 0.115 e. The number of rotatable bonds is 9. The van der Waals surface area contributed by atoms with Crippen LogP contribution in [-0.2, 0) is 16.6 Å². The number of nitroso groups, excluding NO2 is 1. The SMILES string of the molecule is CC(C)CC12CC3CC(c4cc(C(C)(C)C)cc(CSC5CCCCCCC5)c4N=O)(C1)C[C@](CC(C)C)(C3)C2. The van der Waals surface area contributed by atoms with Crippen molar-refractivity contribution in [2.45, 2.75) is 167 Å². The van der Waals surface area contributed by atoms with Gasteiger partial charge in [-0.05, 0) is 125 Å². The highest BCUT2D eigenvalue weighted by Gasteiger charge is 2.63. The van der Waals surface area contributed by atoms with Gasteiger partial charge in [0.25, 0.3) is 0 Å². The molecule has 2 nitrogen and oxygen atoms in total. The van der Waals surface area contributed by atoms with Crippen molar-refractivity contribution >= 4 is 17.4 Å². The van der Waals surface area contributed by atoms with Gasteiger partial charge in [0.1, 0.15) is 5.69 Å². The molecule has 0 spiro atoms. The van der Waals surface area contributed by atoms with E-state index < -0.39 is 0 Å². The average molecular weight is 566 g/mol. The van der Waals surface area contributed by atoms with Crippen LogP contribution in [0.25, 0.3) is 0 Å². The fourth-order valence-electron chi connectivity index (χ4n) is 10.9. The molecule has 5 fully saturated rings. The number of thioether (sulfide) groups is 1. The quantitative estimate of drug-likeness (QED) is 0.279. The Morgan fingerprint density at radius 2 is 1.43 bits per heavy atom. The van der Waals surface area contributed by atoms with E-state index in [2.05, 4.69) is 77.5 Å². The summed E-state index contributed by atoms with van der Waals surface area (Å²) in [6.45, 7) is 16.8. The predicted molar refractivity (Wildman–Crippen MR) is 175 cm³/mol. The van der Waals surface area contributed by atoms with Crippen LogP contribution in [0.2, 0.25) is 0 Å². The van der Waals surface area contributed by atoms with E-state index in [0.29, 0.717) is 10.8 Å². The fraction of sp³-hybridized carbons (Fsp3) is 0.838. The summed E-state index contributed by atoms with van der Waals surface area (Å²) in [5.41, 5.74) is 5.89. The summed E-state index contributed by atoms with van der Waals surface area (Å²) in [6, 6.07) is 4.87. The van der Waals surface area contributed by atoms with E-state index in [0.717, 1.165) is 34.4 Å². The van der Waals surface area contributed by atoms with Gasteiger partial charge in [-0.1, -0.05) is 92.7 Å². The Kier molecular flexibility index (Phi) is 8.95. The second-order valence-electron chi connectivity index (χ2n) is 17.1. The Hall–Kier alpha value is -0.830. The van der Waals surface area contributed by atoms with E-state index in [1.165, 1.54) is 113 Å². The average Bonchev–Trinajstić information content (AvgIpc) is 2.79.